The Morgan fingerprint density at radius 1 is 1.39 bits per heavy atom. The topological polar surface area (TPSA) is 55.8 Å². The summed E-state index contributed by atoms with van der Waals surface area (Å²) in [6.45, 7) is 4.06. The molecule has 1 saturated heterocycles. The van der Waals surface area contributed by atoms with Crippen LogP contribution in [0.5, 0.6) is 0 Å². The highest BCUT2D eigenvalue weighted by Crippen LogP contribution is 2.27. The van der Waals surface area contributed by atoms with Gasteiger partial charge in [0, 0.05) is 11.2 Å². The summed E-state index contributed by atoms with van der Waals surface area (Å²) >= 11 is 3.65. The van der Waals surface area contributed by atoms with Gasteiger partial charge in [-0.3, -0.25) is 0 Å². The van der Waals surface area contributed by atoms with Crippen LogP contribution >= 0.6 is 15.9 Å². The third-order valence-corrected chi connectivity index (χ3v) is 5.44. The van der Waals surface area contributed by atoms with E-state index in [9.17, 15) is 9.90 Å². The van der Waals surface area contributed by atoms with Crippen molar-refractivity contribution < 1.29 is 19.4 Å². The van der Waals surface area contributed by atoms with Crippen LogP contribution in [0.25, 0.3) is 0 Å². The van der Waals surface area contributed by atoms with E-state index in [0.29, 0.717) is 18.4 Å². The molecule has 0 amide bonds. The Kier molecular flexibility index (Phi) is 7.06. The van der Waals surface area contributed by atoms with Crippen LogP contribution in [0, 0.1) is 0 Å². The molecule has 4 nitrogen and oxygen atoms in total. The summed E-state index contributed by atoms with van der Waals surface area (Å²) in [5.74, 6) is -0.383. The van der Waals surface area contributed by atoms with E-state index in [2.05, 4.69) is 22.9 Å². The van der Waals surface area contributed by atoms with Gasteiger partial charge in [0.05, 0.1) is 23.9 Å². The molecular formula is C18H25BrO4. The second-order valence-electron chi connectivity index (χ2n) is 6.10. The minimum Gasteiger partial charge on any atom is -0.456 e. The number of rotatable bonds is 4. The number of hydrogen-bond acceptors (Lipinski definition) is 4. The van der Waals surface area contributed by atoms with E-state index >= 15 is 0 Å². The van der Waals surface area contributed by atoms with E-state index in [4.69, 9.17) is 9.47 Å². The van der Waals surface area contributed by atoms with Crippen molar-refractivity contribution in [1.29, 1.82) is 0 Å². The molecule has 0 spiro atoms. The third-order valence-electron chi connectivity index (χ3n) is 4.21. The second-order valence-corrected chi connectivity index (χ2v) is 7.28. The predicted molar refractivity (Wildman–Crippen MR) is 92.8 cm³/mol. The number of ether oxygens (including phenoxy) is 2. The molecular weight excluding hydrogens is 360 g/mol. The van der Waals surface area contributed by atoms with E-state index in [0.717, 1.165) is 12.8 Å². The molecule has 23 heavy (non-hydrogen) atoms. The van der Waals surface area contributed by atoms with Gasteiger partial charge in [-0.2, -0.15) is 0 Å². The van der Waals surface area contributed by atoms with E-state index in [-0.39, 0.29) is 23.0 Å². The second kappa shape index (κ2) is 8.81. The molecule has 1 aliphatic rings. The molecule has 0 bridgehead atoms. The quantitative estimate of drug-likeness (QED) is 0.634. The molecule has 128 valence electrons. The van der Waals surface area contributed by atoms with Crippen molar-refractivity contribution in [2.24, 2.45) is 0 Å². The molecule has 1 heterocycles. The van der Waals surface area contributed by atoms with Crippen LogP contribution in [0.4, 0.5) is 0 Å². The molecule has 5 atom stereocenters. The molecule has 2 rings (SSSR count). The Morgan fingerprint density at radius 3 is 2.74 bits per heavy atom. The van der Waals surface area contributed by atoms with Gasteiger partial charge in [-0.25, -0.2) is 4.79 Å². The Morgan fingerprint density at radius 2 is 2.09 bits per heavy atom. The van der Waals surface area contributed by atoms with Crippen molar-refractivity contribution in [3.05, 3.63) is 35.9 Å². The number of esters is 1. The first-order valence-corrected chi connectivity index (χ1v) is 9.16. The van der Waals surface area contributed by atoms with Gasteiger partial charge >= 0.3 is 5.97 Å². The smallest absolute Gasteiger partial charge is 0.338 e. The van der Waals surface area contributed by atoms with Crippen LogP contribution in [0.3, 0.4) is 0 Å². The van der Waals surface area contributed by atoms with E-state index in [1.54, 1.807) is 24.3 Å². The molecule has 5 heteroatoms. The maximum absolute atomic E-state index is 12.2. The fourth-order valence-corrected chi connectivity index (χ4v) is 3.27. The summed E-state index contributed by atoms with van der Waals surface area (Å²) in [7, 11) is 0. The lowest BCUT2D eigenvalue weighted by Crippen LogP contribution is -2.40. The summed E-state index contributed by atoms with van der Waals surface area (Å²) in [5, 5.41) is 10.4. The van der Waals surface area contributed by atoms with Gasteiger partial charge in [0.15, 0.2) is 0 Å². The molecule has 1 aromatic carbocycles. The van der Waals surface area contributed by atoms with E-state index in [1.807, 2.05) is 13.0 Å². The van der Waals surface area contributed by atoms with Crippen molar-refractivity contribution >= 4 is 21.9 Å². The number of halogens is 1. The number of aliphatic hydroxyl groups excluding tert-OH is 1. The highest BCUT2D eigenvalue weighted by Gasteiger charge is 2.32. The fourth-order valence-electron chi connectivity index (χ4n) is 2.88. The van der Waals surface area contributed by atoms with Crippen LogP contribution in [0.15, 0.2) is 30.3 Å². The van der Waals surface area contributed by atoms with Crippen molar-refractivity contribution in [2.45, 2.75) is 68.8 Å². The van der Waals surface area contributed by atoms with Crippen molar-refractivity contribution in [3.8, 4) is 0 Å². The summed E-state index contributed by atoms with van der Waals surface area (Å²) in [4.78, 5) is 12.5. The van der Waals surface area contributed by atoms with Gasteiger partial charge in [-0.1, -0.05) is 41.1 Å². The molecule has 0 aromatic heterocycles. The van der Waals surface area contributed by atoms with Crippen molar-refractivity contribution in [2.75, 3.05) is 0 Å². The summed E-state index contributed by atoms with van der Waals surface area (Å²) in [6, 6.07) is 8.89. The molecule has 0 saturated carbocycles. The van der Waals surface area contributed by atoms with E-state index in [1.165, 1.54) is 0 Å². The Hall–Kier alpha value is -0.910. The van der Waals surface area contributed by atoms with Crippen LogP contribution in [-0.2, 0) is 9.47 Å². The van der Waals surface area contributed by atoms with Crippen LogP contribution < -0.4 is 0 Å². The number of benzene rings is 1. The molecule has 0 radical (unpaired) electrons. The zero-order valence-corrected chi connectivity index (χ0v) is 15.2. The lowest BCUT2D eigenvalue weighted by atomic mass is 9.97. The minimum atomic E-state index is -0.700. The summed E-state index contributed by atoms with van der Waals surface area (Å²) < 4.78 is 11.6. The van der Waals surface area contributed by atoms with Gasteiger partial charge in [0.1, 0.15) is 6.10 Å². The van der Waals surface area contributed by atoms with Gasteiger partial charge in [0.25, 0.3) is 0 Å². The zero-order chi connectivity index (χ0) is 16.8. The Labute approximate surface area is 146 Å². The molecule has 1 aliphatic heterocycles. The first-order valence-electron chi connectivity index (χ1n) is 8.24. The normalized spacial score (nSPS) is 30.1. The number of carbonyl (C=O) groups is 1. The van der Waals surface area contributed by atoms with Gasteiger partial charge in [0.2, 0.25) is 0 Å². The summed E-state index contributed by atoms with van der Waals surface area (Å²) in [5.41, 5.74) is 0.509. The average Bonchev–Trinajstić information content (AvgIpc) is 2.55. The first kappa shape index (κ1) is 18.4. The minimum absolute atomic E-state index is 0.0696. The van der Waals surface area contributed by atoms with Gasteiger partial charge in [-0.15, -0.1) is 0 Å². The molecule has 1 N–H and O–H groups in total. The van der Waals surface area contributed by atoms with Gasteiger partial charge < -0.3 is 14.6 Å². The molecule has 0 aliphatic carbocycles. The highest BCUT2D eigenvalue weighted by atomic mass is 79.9. The zero-order valence-electron chi connectivity index (χ0n) is 13.7. The van der Waals surface area contributed by atoms with Crippen LogP contribution in [0.2, 0.25) is 0 Å². The number of aliphatic hydroxyl groups is 1. The third kappa shape index (κ3) is 5.30. The SMILES string of the molecule is CC[C@H](Br)[C@@H]1CC[C@@H](OC(=O)c2ccccc2)[C@@H](O)C[C@@H](C)O1. The predicted octanol–water partition coefficient (Wildman–Crippen LogP) is 3.70. The highest BCUT2D eigenvalue weighted by molar-refractivity contribution is 9.09. The number of carbonyl (C=O) groups excluding carboxylic acids is 1. The Balaban J connectivity index is 2.03. The maximum atomic E-state index is 12.2. The number of alkyl halides is 1. The maximum Gasteiger partial charge on any atom is 0.338 e. The van der Waals surface area contributed by atoms with Crippen molar-refractivity contribution in [3.63, 3.8) is 0 Å². The summed E-state index contributed by atoms with van der Waals surface area (Å²) in [6.07, 6.45) is 1.58. The Bertz CT molecular complexity index is 493. The lowest BCUT2D eigenvalue weighted by molar-refractivity contribution is -0.0897. The van der Waals surface area contributed by atoms with E-state index < -0.39 is 12.2 Å². The lowest BCUT2D eigenvalue weighted by Gasteiger charge is -2.33. The standard InChI is InChI=1S/C18H25BrO4/c1-3-14(19)16-9-10-17(15(20)11-12(2)22-16)23-18(21)13-7-5-4-6-8-13/h4-8,12,14-17,20H,3,9-11H2,1-2H3/t12-,14+,15+,16+,17-/m1/s1. The number of hydrogen-bond donors (Lipinski definition) is 1. The first-order chi connectivity index (χ1) is 11.0. The largest absolute Gasteiger partial charge is 0.456 e. The fraction of sp³-hybridized carbons (Fsp3) is 0.611. The van der Waals surface area contributed by atoms with Crippen LogP contribution in [-0.4, -0.2) is 40.3 Å². The van der Waals surface area contributed by atoms with Gasteiger partial charge in [-0.05, 0) is 38.3 Å². The average molecular weight is 385 g/mol. The molecule has 1 aromatic rings. The monoisotopic (exact) mass is 384 g/mol. The van der Waals surface area contributed by atoms with Crippen LogP contribution in [0.1, 0.15) is 49.9 Å². The molecule has 1 fully saturated rings. The molecule has 0 unspecified atom stereocenters. The van der Waals surface area contributed by atoms with Crippen molar-refractivity contribution in [1.82, 2.24) is 0 Å².